The summed E-state index contributed by atoms with van der Waals surface area (Å²) in [5, 5.41) is 8.67. The van der Waals surface area contributed by atoms with Crippen LogP contribution >= 0.6 is 15.9 Å². The number of carbonyl (C=O) groups excluding carboxylic acids is 1. The Balaban J connectivity index is 1.19. The molecule has 0 radical (unpaired) electrons. The molecular weight excluding hydrogens is 577 g/mol. The number of aromatic amines is 1. The van der Waals surface area contributed by atoms with Crippen molar-refractivity contribution in [2.75, 3.05) is 6.54 Å². The van der Waals surface area contributed by atoms with Crippen LogP contribution in [0.3, 0.4) is 0 Å². The highest BCUT2D eigenvalue weighted by atomic mass is 79.9. The number of likely N-dealkylation sites (tertiary alicyclic amines) is 1. The molecule has 1 aliphatic heterocycles. The van der Waals surface area contributed by atoms with E-state index in [1.807, 2.05) is 37.1 Å². The quantitative estimate of drug-likeness (QED) is 0.318. The predicted octanol–water partition coefficient (Wildman–Crippen LogP) is 4.97. The molecule has 1 N–H and O–H groups in total. The molecule has 3 atom stereocenters. The van der Waals surface area contributed by atoms with E-state index in [2.05, 4.69) is 41.2 Å². The lowest BCUT2D eigenvalue weighted by Crippen LogP contribution is -2.44. The molecule has 0 bridgehead atoms. The molecule has 1 amide bonds. The summed E-state index contributed by atoms with van der Waals surface area (Å²) in [5.74, 6) is 0.347. The Morgan fingerprint density at radius 1 is 1.30 bits per heavy atom. The van der Waals surface area contributed by atoms with Gasteiger partial charge in [0, 0.05) is 70.4 Å². The van der Waals surface area contributed by atoms with Crippen LogP contribution in [-0.4, -0.2) is 53.3 Å². The van der Waals surface area contributed by atoms with Crippen molar-refractivity contribution in [3.8, 4) is 11.4 Å². The third-order valence-corrected chi connectivity index (χ3v) is 8.19. The summed E-state index contributed by atoms with van der Waals surface area (Å²) in [6.45, 7) is 6.32. The number of pyridine rings is 1. The fourth-order valence-electron chi connectivity index (χ4n) is 5.38. The zero-order chi connectivity index (χ0) is 28.4. The van der Waals surface area contributed by atoms with Crippen LogP contribution in [0.4, 0.5) is 4.39 Å². The van der Waals surface area contributed by atoms with Gasteiger partial charge in [0.2, 0.25) is 5.91 Å². The van der Waals surface area contributed by atoms with E-state index in [0.29, 0.717) is 40.1 Å². The predicted molar refractivity (Wildman–Crippen MR) is 152 cm³/mol. The van der Waals surface area contributed by atoms with Gasteiger partial charge in [-0.05, 0) is 64.3 Å². The second kappa shape index (κ2) is 11.8. The zero-order valence-electron chi connectivity index (χ0n) is 22.6. The molecule has 1 aliphatic rings. The van der Waals surface area contributed by atoms with Crippen LogP contribution in [0.15, 0.2) is 58.2 Å². The van der Waals surface area contributed by atoms with Gasteiger partial charge in [0.25, 0.3) is 5.56 Å². The van der Waals surface area contributed by atoms with Crippen molar-refractivity contribution in [3.05, 3.63) is 92.1 Å². The standard InChI is InChI=1S/C29H31BrFN7O2/c1-17-13-20(26-16-38(36-35-26)19(3)24-7-6-22(30)14-25(24)31)10-12-37(17)27(39)9-8-23-18(2)33-28(34-29(23)40)21-5-4-11-32-15-21/h4-7,11,14-17,19-20H,8-10,12-13H2,1-3H3,(H,33,34,40)/t17?,19-,20?/m1/s1. The molecule has 3 aromatic heterocycles. The number of nitrogens with one attached hydrogen (secondary N) is 1. The lowest BCUT2D eigenvalue weighted by Gasteiger charge is -2.37. The Kier molecular flexibility index (Phi) is 8.20. The average molecular weight is 609 g/mol. The molecule has 2 unspecified atom stereocenters. The van der Waals surface area contributed by atoms with Gasteiger partial charge >= 0.3 is 0 Å². The van der Waals surface area contributed by atoms with Crippen molar-refractivity contribution >= 4 is 21.8 Å². The van der Waals surface area contributed by atoms with Gasteiger partial charge in [0.05, 0.1) is 11.7 Å². The highest BCUT2D eigenvalue weighted by Crippen LogP contribution is 2.32. The lowest BCUT2D eigenvalue weighted by molar-refractivity contribution is -0.134. The van der Waals surface area contributed by atoms with Gasteiger partial charge in [-0.15, -0.1) is 5.10 Å². The first-order chi connectivity index (χ1) is 19.2. The van der Waals surface area contributed by atoms with Gasteiger partial charge in [-0.3, -0.25) is 14.6 Å². The van der Waals surface area contributed by atoms with E-state index in [1.165, 1.54) is 6.07 Å². The maximum absolute atomic E-state index is 14.5. The maximum atomic E-state index is 14.5. The summed E-state index contributed by atoms with van der Waals surface area (Å²) in [5.41, 5.74) is 3.04. The van der Waals surface area contributed by atoms with Crippen molar-refractivity contribution in [1.82, 2.24) is 34.8 Å². The van der Waals surface area contributed by atoms with E-state index in [1.54, 1.807) is 36.1 Å². The number of hydrogen-bond donors (Lipinski definition) is 1. The topological polar surface area (TPSA) is 110 Å². The molecule has 0 spiro atoms. The molecule has 40 heavy (non-hydrogen) atoms. The number of rotatable bonds is 7. The summed E-state index contributed by atoms with van der Waals surface area (Å²) < 4.78 is 16.8. The first-order valence-corrected chi connectivity index (χ1v) is 14.2. The minimum Gasteiger partial charge on any atom is -0.340 e. The van der Waals surface area contributed by atoms with E-state index >= 15 is 0 Å². The summed E-state index contributed by atoms with van der Waals surface area (Å²) in [4.78, 5) is 39.3. The molecule has 9 nitrogen and oxygen atoms in total. The molecule has 11 heteroatoms. The van der Waals surface area contributed by atoms with E-state index in [-0.39, 0.29) is 41.7 Å². The van der Waals surface area contributed by atoms with Gasteiger partial charge in [0.15, 0.2) is 0 Å². The number of piperidine rings is 1. The Hall–Kier alpha value is -3.73. The summed E-state index contributed by atoms with van der Waals surface area (Å²) >= 11 is 3.29. The maximum Gasteiger partial charge on any atom is 0.254 e. The van der Waals surface area contributed by atoms with Crippen molar-refractivity contribution in [2.45, 2.75) is 64.5 Å². The van der Waals surface area contributed by atoms with Crippen molar-refractivity contribution in [2.24, 2.45) is 0 Å². The Bertz CT molecular complexity index is 1570. The Labute approximate surface area is 240 Å². The first-order valence-electron chi connectivity index (χ1n) is 13.4. The second-order valence-electron chi connectivity index (χ2n) is 10.3. The van der Waals surface area contributed by atoms with Gasteiger partial charge in [-0.1, -0.05) is 27.2 Å². The molecular formula is C29H31BrFN7O2. The van der Waals surface area contributed by atoms with Crippen LogP contribution in [0.5, 0.6) is 0 Å². The van der Waals surface area contributed by atoms with E-state index < -0.39 is 0 Å². The monoisotopic (exact) mass is 607 g/mol. The number of aryl methyl sites for hydroxylation is 1. The summed E-state index contributed by atoms with van der Waals surface area (Å²) in [6.07, 6.45) is 7.28. The molecule has 208 valence electrons. The number of nitrogens with zero attached hydrogens (tertiary/aromatic N) is 6. The summed E-state index contributed by atoms with van der Waals surface area (Å²) in [6, 6.07) is 8.35. The number of aromatic nitrogens is 6. The van der Waals surface area contributed by atoms with Gasteiger partial charge in [-0.25, -0.2) is 14.1 Å². The molecule has 1 fully saturated rings. The Morgan fingerprint density at radius 2 is 2.12 bits per heavy atom. The molecule has 1 aromatic carbocycles. The summed E-state index contributed by atoms with van der Waals surface area (Å²) in [7, 11) is 0. The minimum atomic E-state index is -0.298. The smallest absolute Gasteiger partial charge is 0.254 e. The highest BCUT2D eigenvalue weighted by Gasteiger charge is 2.31. The SMILES string of the molecule is Cc1nc(-c2cccnc2)[nH]c(=O)c1CCC(=O)N1CCC(c2cn([C@H](C)c3ccc(Br)cc3F)nn2)CC1C. The number of hydrogen-bond acceptors (Lipinski definition) is 6. The second-order valence-corrected chi connectivity index (χ2v) is 11.3. The van der Waals surface area contributed by atoms with Crippen LogP contribution in [0.1, 0.15) is 67.6 Å². The van der Waals surface area contributed by atoms with Gasteiger partial charge in [0.1, 0.15) is 11.6 Å². The number of carbonyl (C=O) groups is 1. The fourth-order valence-corrected chi connectivity index (χ4v) is 5.71. The number of benzene rings is 1. The third kappa shape index (κ3) is 5.89. The van der Waals surface area contributed by atoms with Crippen molar-refractivity contribution < 1.29 is 9.18 Å². The highest BCUT2D eigenvalue weighted by molar-refractivity contribution is 9.10. The van der Waals surface area contributed by atoms with Crippen LogP contribution in [0.25, 0.3) is 11.4 Å². The average Bonchev–Trinajstić information content (AvgIpc) is 3.43. The third-order valence-electron chi connectivity index (χ3n) is 7.70. The first kappa shape index (κ1) is 27.8. The van der Waals surface area contributed by atoms with Crippen molar-refractivity contribution in [1.29, 1.82) is 0 Å². The van der Waals surface area contributed by atoms with E-state index in [4.69, 9.17) is 0 Å². The number of halogens is 2. The molecule has 4 heterocycles. The lowest BCUT2D eigenvalue weighted by atomic mass is 9.89. The molecule has 0 saturated carbocycles. The molecule has 0 aliphatic carbocycles. The van der Waals surface area contributed by atoms with Gasteiger partial charge < -0.3 is 9.88 Å². The minimum absolute atomic E-state index is 0.0169. The van der Waals surface area contributed by atoms with Crippen LogP contribution in [-0.2, 0) is 11.2 Å². The normalized spacial score (nSPS) is 18.1. The molecule has 5 rings (SSSR count). The largest absolute Gasteiger partial charge is 0.340 e. The van der Waals surface area contributed by atoms with Crippen molar-refractivity contribution in [3.63, 3.8) is 0 Å². The number of amides is 1. The van der Waals surface area contributed by atoms with Gasteiger partial charge in [-0.2, -0.15) is 0 Å². The molecule has 4 aromatic rings. The van der Waals surface area contributed by atoms with E-state index in [0.717, 1.165) is 24.1 Å². The van der Waals surface area contributed by atoms with Crippen LogP contribution in [0, 0.1) is 12.7 Å². The van der Waals surface area contributed by atoms with E-state index in [9.17, 15) is 14.0 Å². The van der Waals surface area contributed by atoms with Crippen LogP contribution in [0.2, 0.25) is 0 Å². The Morgan fingerprint density at radius 3 is 2.83 bits per heavy atom. The fraction of sp³-hybridized carbons (Fsp3) is 0.379. The molecule has 1 saturated heterocycles. The number of H-pyrrole nitrogens is 1. The zero-order valence-corrected chi connectivity index (χ0v) is 24.2. The van der Waals surface area contributed by atoms with Crippen LogP contribution < -0.4 is 5.56 Å².